The maximum atomic E-state index is 5.20. The van der Waals surface area contributed by atoms with Crippen molar-refractivity contribution in [3.8, 4) is 0 Å². The zero-order valence-electron chi connectivity index (χ0n) is 5.62. The Bertz CT molecular complexity index is 162. The van der Waals surface area contributed by atoms with Crippen molar-refractivity contribution < 1.29 is 9.15 Å². The summed E-state index contributed by atoms with van der Waals surface area (Å²) in [6.07, 6.45) is 2.93. The van der Waals surface area contributed by atoms with Crippen molar-refractivity contribution in [1.82, 2.24) is 4.98 Å². The summed E-state index contributed by atoms with van der Waals surface area (Å²) in [5.41, 5.74) is 6.00. The predicted octanol–water partition coefficient (Wildman–Crippen LogP) is 0.150. The third-order valence-electron chi connectivity index (χ3n) is 0.996. The number of nitrogens with two attached hydrogens (primary N) is 1. The quantitative estimate of drug-likeness (QED) is 0.608. The van der Waals surface area contributed by atoms with Crippen molar-refractivity contribution in [3.05, 3.63) is 18.4 Å². The number of oxazole rings is 1. The molecule has 4 nitrogen and oxygen atoms in total. The maximum Gasteiger partial charge on any atom is 0.180 e. The van der Waals surface area contributed by atoms with E-state index in [9.17, 15) is 0 Å². The SMILES string of the molecule is NCCOCc1cocn1. The van der Waals surface area contributed by atoms with Crippen LogP contribution in [0, 0.1) is 0 Å². The number of ether oxygens (including phenoxy) is 1. The number of nitrogens with zero attached hydrogens (tertiary/aromatic N) is 1. The molecular weight excluding hydrogens is 132 g/mol. The first kappa shape index (κ1) is 7.24. The van der Waals surface area contributed by atoms with Crippen LogP contribution in [0.2, 0.25) is 0 Å². The molecule has 1 aromatic rings. The highest BCUT2D eigenvalue weighted by Gasteiger charge is 1.93. The van der Waals surface area contributed by atoms with Gasteiger partial charge in [0.25, 0.3) is 0 Å². The average Bonchev–Trinajstić information content (AvgIpc) is 2.41. The fraction of sp³-hybridized carbons (Fsp3) is 0.500. The Labute approximate surface area is 59.0 Å². The van der Waals surface area contributed by atoms with Crippen molar-refractivity contribution in [2.75, 3.05) is 13.2 Å². The average molecular weight is 142 g/mol. The summed E-state index contributed by atoms with van der Waals surface area (Å²) in [4.78, 5) is 3.86. The van der Waals surface area contributed by atoms with Gasteiger partial charge in [0, 0.05) is 6.54 Å². The second-order valence-electron chi connectivity index (χ2n) is 1.82. The van der Waals surface area contributed by atoms with Gasteiger partial charge in [-0.2, -0.15) is 0 Å². The molecule has 0 unspecified atom stereocenters. The molecule has 56 valence electrons. The van der Waals surface area contributed by atoms with E-state index >= 15 is 0 Å². The van der Waals surface area contributed by atoms with Crippen LogP contribution in [-0.4, -0.2) is 18.1 Å². The van der Waals surface area contributed by atoms with Crippen LogP contribution in [-0.2, 0) is 11.3 Å². The normalized spacial score (nSPS) is 10.1. The Balaban J connectivity index is 2.15. The van der Waals surface area contributed by atoms with Crippen LogP contribution in [0.15, 0.2) is 17.1 Å². The molecule has 0 atom stereocenters. The molecule has 0 aliphatic rings. The van der Waals surface area contributed by atoms with Gasteiger partial charge in [0.2, 0.25) is 0 Å². The molecule has 0 saturated heterocycles. The van der Waals surface area contributed by atoms with Crippen molar-refractivity contribution >= 4 is 0 Å². The molecule has 0 aliphatic carbocycles. The monoisotopic (exact) mass is 142 g/mol. The van der Waals surface area contributed by atoms with Gasteiger partial charge in [0.15, 0.2) is 6.39 Å². The molecule has 0 saturated carbocycles. The topological polar surface area (TPSA) is 61.3 Å². The van der Waals surface area contributed by atoms with Gasteiger partial charge in [-0.25, -0.2) is 4.98 Å². The van der Waals surface area contributed by atoms with Crippen molar-refractivity contribution in [1.29, 1.82) is 0 Å². The minimum absolute atomic E-state index is 0.480. The zero-order valence-corrected chi connectivity index (χ0v) is 5.62. The third-order valence-corrected chi connectivity index (χ3v) is 0.996. The number of hydrogen-bond donors (Lipinski definition) is 1. The summed E-state index contributed by atoms with van der Waals surface area (Å²) in [6.45, 7) is 1.58. The second-order valence-corrected chi connectivity index (χ2v) is 1.82. The summed E-state index contributed by atoms with van der Waals surface area (Å²) < 4.78 is 9.80. The van der Waals surface area contributed by atoms with E-state index in [1.54, 1.807) is 6.26 Å². The highest BCUT2D eigenvalue weighted by molar-refractivity contribution is 4.87. The van der Waals surface area contributed by atoms with Crippen LogP contribution in [0.5, 0.6) is 0 Å². The van der Waals surface area contributed by atoms with Gasteiger partial charge < -0.3 is 14.9 Å². The van der Waals surface area contributed by atoms with E-state index in [0.29, 0.717) is 19.8 Å². The highest BCUT2D eigenvalue weighted by atomic mass is 16.5. The molecule has 1 rings (SSSR count). The van der Waals surface area contributed by atoms with Crippen LogP contribution in [0.3, 0.4) is 0 Å². The molecule has 0 radical (unpaired) electrons. The Morgan fingerprint density at radius 1 is 1.70 bits per heavy atom. The first-order chi connectivity index (χ1) is 4.93. The number of aromatic nitrogens is 1. The predicted molar refractivity (Wildman–Crippen MR) is 35.2 cm³/mol. The van der Waals surface area contributed by atoms with E-state index in [2.05, 4.69) is 4.98 Å². The van der Waals surface area contributed by atoms with Crippen molar-refractivity contribution in [3.63, 3.8) is 0 Å². The lowest BCUT2D eigenvalue weighted by molar-refractivity contribution is 0.125. The van der Waals surface area contributed by atoms with Gasteiger partial charge in [0.1, 0.15) is 12.0 Å². The first-order valence-electron chi connectivity index (χ1n) is 3.08. The Hall–Kier alpha value is -0.870. The Kier molecular flexibility index (Phi) is 2.92. The molecular formula is C6H10N2O2. The first-order valence-corrected chi connectivity index (χ1v) is 3.08. The molecule has 0 fully saturated rings. The Morgan fingerprint density at radius 3 is 3.20 bits per heavy atom. The van der Waals surface area contributed by atoms with Crippen molar-refractivity contribution in [2.24, 2.45) is 5.73 Å². The van der Waals surface area contributed by atoms with Crippen molar-refractivity contribution in [2.45, 2.75) is 6.61 Å². The van der Waals surface area contributed by atoms with E-state index in [4.69, 9.17) is 14.9 Å². The molecule has 0 amide bonds. The van der Waals surface area contributed by atoms with Crippen LogP contribution < -0.4 is 5.73 Å². The fourth-order valence-corrected chi connectivity index (χ4v) is 0.569. The molecule has 0 spiro atoms. The smallest absolute Gasteiger partial charge is 0.180 e. The van der Waals surface area contributed by atoms with Gasteiger partial charge in [-0.1, -0.05) is 0 Å². The number of hydrogen-bond acceptors (Lipinski definition) is 4. The molecule has 10 heavy (non-hydrogen) atoms. The molecule has 1 aromatic heterocycles. The molecule has 0 bridgehead atoms. The third kappa shape index (κ3) is 2.16. The Morgan fingerprint density at radius 2 is 2.60 bits per heavy atom. The molecule has 4 heteroatoms. The summed E-state index contributed by atoms with van der Waals surface area (Å²) in [5, 5.41) is 0. The minimum Gasteiger partial charge on any atom is -0.451 e. The largest absolute Gasteiger partial charge is 0.451 e. The molecule has 0 aliphatic heterocycles. The van der Waals surface area contributed by atoms with Gasteiger partial charge in [-0.05, 0) is 0 Å². The summed E-state index contributed by atoms with van der Waals surface area (Å²) in [7, 11) is 0. The number of rotatable bonds is 4. The highest BCUT2D eigenvalue weighted by Crippen LogP contribution is 1.95. The lowest BCUT2D eigenvalue weighted by atomic mass is 10.5. The summed E-state index contributed by atoms with van der Waals surface area (Å²) >= 11 is 0. The fourth-order valence-electron chi connectivity index (χ4n) is 0.569. The minimum atomic E-state index is 0.480. The second kappa shape index (κ2) is 4.03. The summed E-state index contributed by atoms with van der Waals surface area (Å²) in [5.74, 6) is 0. The van der Waals surface area contributed by atoms with Gasteiger partial charge >= 0.3 is 0 Å². The van der Waals surface area contributed by atoms with Crippen LogP contribution in [0.4, 0.5) is 0 Å². The van der Waals surface area contributed by atoms with E-state index in [1.807, 2.05) is 0 Å². The van der Waals surface area contributed by atoms with Gasteiger partial charge in [-0.15, -0.1) is 0 Å². The van der Waals surface area contributed by atoms with E-state index in [1.165, 1.54) is 6.39 Å². The van der Waals surface area contributed by atoms with Crippen LogP contribution >= 0.6 is 0 Å². The van der Waals surface area contributed by atoms with E-state index in [0.717, 1.165) is 5.69 Å². The molecule has 0 aromatic carbocycles. The van der Waals surface area contributed by atoms with Crippen LogP contribution in [0.25, 0.3) is 0 Å². The zero-order chi connectivity index (χ0) is 7.23. The van der Waals surface area contributed by atoms with E-state index in [-0.39, 0.29) is 0 Å². The molecule has 1 heterocycles. The van der Waals surface area contributed by atoms with Crippen LogP contribution in [0.1, 0.15) is 5.69 Å². The maximum absolute atomic E-state index is 5.20. The van der Waals surface area contributed by atoms with Gasteiger partial charge in [0.05, 0.1) is 13.2 Å². The molecule has 2 N–H and O–H groups in total. The lowest BCUT2D eigenvalue weighted by Gasteiger charge is -1.96. The lowest BCUT2D eigenvalue weighted by Crippen LogP contribution is -2.08. The standard InChI is InChI=1S/C6H10N2O2/c7-1-2-9-3-6-4-10-5-8-6/h4-5H,1-3,7H2. The van der Waals surface area contributed by atoms with E-state index < -0.39 is 0 Å². The van der Waals surface area contributed by atoms with Gasteiger partial charge in [-0.3, -0.25) is 0 Å². The summed E-state index contributed by atoms with van der Waals surface area (Å²) in [6, 6.07) is 0.